The Hall–Kier alpha value is -1.14. The maximum atomic E-state index is 11.9. The Bertz CT molecular complexity index is 487. The molecule has 1 aromatic heterocycles. The fourth-order valence-corrected chi connectivity index (χ4v) is 3.10. The predicted octanol–water partition coefficient (Wildman–Crippen LogP) is 2.46. The topological polar surface area (TPSA) is 63.2 Å². The largest absolute Gasteiger partial charge is 0.379 e. The van der Waals surface area contributed by atoms with Crippen LogP contribution < -0.4 is 10.6 Å². The van der Waals surface area contributed by atoms with Gasteiger partial charge in [0, 0.05) is 30.4 Å². The number of ether oxygens (including phenoxy) is 1. The van der Waals surface area contributed by atoms with Gasteiger partial charge in [-0.2, -0.15) is 0 Å². The van der Waals surface area contributed by atoms with E-state index in [4.69, 9.17) is 4.74 Å². The average Bonchev–Trinajstić information content (AvgIpc) is 2.97. The molecule has 0 radical (unpaired) electrons. The van der Waals surface area contributed by atoms with Crippen LogP contribution in [-0.4, -0.2) is 36.3 Å². The van der Waals surface area contributed by atoms with Gasteiger partial charge in [0.1, 0.15) is 0 Å². The van der Waals surface area contributed by atoms with Crippen molar-refractivity contribution in [1.82, 2.24) is 15.6 Å². The van der Waals surface area contributed by atoms with Crippen LogP contribution in [0.2, 0.25) is 0 Å². The van der Waals surface area contributed by atoms with Gasteiger partial charge in [0.05, 0.1) is 22.8 Å². The molecule has 21 heavy (non-hydrogen) atoms. The van der Waals surface area contributed by atoms with E-state index in [2.05, 4.69) is 41.8 Å². The van der Waals surface area contributed by atoms with E-state index >= 15 is 0 Å². The third-order valence-corrected chi connectivity index (χ3v) is 4.81. The number of hydrogen-bond donors (Lipinski definition) is 2. The summed E-state index contributed by atoms with van der Waals surface area (Å²) in [6, 6.07) is -0.130. The first-order valence-electron chi connectivity index (χ1n) is 7.37. The van der Waals surface area contributed by atoms with E-state index < -0.39 is 0 Å². The Morgan fingerprint density at radius 1 is 1.52 bits per heavy atom. The lowest BCUT2D eigenvalue weighted by molar-refractivity contribution is 0.170. The van der Waals surface area contributed by atoms with Crippen LogP contribution in [-0.2, 0) is 16.6 Å². The van der Waals surface area contributed by atoms with Crippen molar-refractivity contribution in [2.75, 3.05) is 19.8 Å². The van der Waals surface area contributed by atoms with Crippen LogP contribution in [0.4, 0.5) is 4.79 Å². The van der Waals surface area contributed by atoms with Gasteiger partial charge in [0.25, 0.3) is 0 Å². The zero-order chi connectivity index (χ0) is 15.5. The third-order valence-electron chi connectivity index (χ3n) is 3.49. The lowest BCUT2D eigenvalue weighted by Crippen LogP contribution is -2.51. The predicted molar refractivity (Wildman–Crippen MR) is 84.9 cm³/mol. The molecule has 1 aliphatic heterocycles. The first kappa shape index (κ1) is 16.2. The molecule has 1 aromatic rings. The maximum Gasteiger partial charge on any atom is 0.315 e. The van der Waals surface area contributed by atoms with E-state index in [1.807, 2.05) is 6.92 Å². The van der Waals surface area contributed by atoms with E-state index in [9.17, 15) is 4.79 Å². The monoisotopic (exact) mass is 311 g/mol. The van der Waals surface area contributed by atoms with Crippen LogP contribution in [0.5, 0.6) is 0 Å². The smallest absolute Gasteiger partial charge is 0.315 e. The summed E-state index contributed by atoms with van der Waals surface area (Å²) < 4.78 is 5.32. The van der Waals surface area contributed by atoms with Gasteiger partial charge < -0.3 is 15.4 Å². The lowest BCUT2D eigenvalue weighted by atomic mass is 9.98. The number of urea groups is 1. The summed E-state index contributed by atoms with van der Waals surface area (Å²) in [5.74, 6) is 0. The number of rotatable bonds is 4. The number of thiazole rings is 1. The fourth-order valence-electron chi connectivity index (χ4n) is 2.15. The Labute approximate surface area is 130 Å². The molecule has 1 fully saturated rings. The van der Waals surface area contributed by atoms with Gasteiger partial charge in [-0.15, -0.1) is 11.3 Å². The van der Waals surface area contributed by atoms with Crippen molar-refractivity contribution in [3.05, 3.63) is 16.1 Å². The molecule has 5 nitrogen and oxygen atoms in total. The maximum absolute atomic E-state index is 11.9. The first-order chi connectivity index (χ1) is 9.78. The first-order valence-corrected chi connectivity index (χ1v) is 8.25. The summed E-state index contributed by atoms with van der Waals surface area (Å²) >= 11 is 1.68. The van der Waals surface area contributed by atoms with Crippen LogP contribution in [0.3, 0.4) is 0 Å². The van der Waals surface area contributed by atoms with Gasteiger partial charge in [-0.3, -0.25) is 0 Å². The summed E-state index contributed by atoms with van der Waals surface area (Å²) in [6.07, 6.45) is 1.62. The summed E-state index contributed by atoms with van der Waals surface area (Å²) in [6.45, 7) is 10.4. The average molecular weight is 311 g/mol. The molecule has 1 unspecified atom stereocenters. The third kappa shape index (κ3) is 4.68. The van der Waals surface area contributed by atoms with Gasteiger partial charge in [-0.1, -0.05) is 20.8 Å². The van der Waals surface area contributed by atoms with E-state index in [1.54, 1.807) is 11.3 Å². The molecule has 1 atom stereocenters. The molecule has 2 amide bonds. The van der Waals surface area contributed by atoms with Gasteiger partial charge >= 0.3 is 6.03 Å². The van der Waals surface area contributed by atoms with Crippen molar-refractivity contribution in [1.29, 1.82) is 0 Å². The second-order valence-corrected chi connectivity index (χ2v) is 7.75. The molecule has 1 aliphatic rings. The Kier molecular flexibility index (Phi) is 4.88. The van der Waals surface area contributed by atoms with Gasteiger partial charge in [0.2, 0.25) is 0 Å². The van der Waals surface area contributed by atoms with Crippen molar-refractivity contribution >= 4 is 17.4 Å². The molecule has 2 rings (SSSR count). The van der Waals surface area contributed by atoms with Crippen molar-refractivity contribution in [3.63, 3.8) is 0 Å². The van der Waals surface area contributed by atoms with Crippen LogP contribution >= 0.6 is 11.3 Å². The van der Waals surface area contributed by atoms with Crippen molar-refractivity contribution in [3.8, 4) is 0 Å². The summed E-state index contributed by atoms with van der Waals surface area (Å²) in [4.78, 5) is 16.5. The minimum atomic E-state index is -0.232. The summed E-state index contributed by atoms with van der Waals surface area (Å²) in [7, 11) is 0. The lowest BCUT2D eigenvalue weighted by Gasteiger charge is -2.23. The van der Waals surface area contributed by atoms with Crippen LogP contribution in [0.1, 0.15) is 44.8 Å². The van der Waals surface area contributed by atoms with E-state index in [0.717, 1.165) is 23.5 Å². The molecule has 118 valence electrons. The molecule has 0 bridgehead atoms. The number of nitrogens with zero attached hydrogens (tertiary/aromatic N) is 1. The molecular weight excluding hydrogens is 286 g/mol. The summed E-state index contributed by atoms with van der Waals surface area (Å²) in [5, 5.41) is 9.08. The quantitative estimate of drug-likeness (QED) is 0.898. The van der Waals surface area contributed by atoms with Crippen LogP contribution in [0.25, 0.3) is 0 Å². The highest BCUT2D eigenvalue weighted by Gasteiger charge is 2.31. The highest BCUT2D eigenvalue weighted by atomic mass is 32.1. The molecule has 0 spiro atoms. The molecule has 0 aliphatic carbocycles. The molecule has 0 saturated carbocycles. The normalized spacial score (nSPS) is 22.3. The van der Waals surface area contributed by atoms with Gasteiger partial charge in [0.15, 0.2) is 0 Å². The molecule has 2 N–H and O–H groups in total. The van der Waals surface area contributed by atoms with Crippen molar-refractivity contribution < 1.29 is 9.53 Å². The number of nitrogens with one attached hydrogen (secondary N) is 2. The molecule has 2 heterocycles. The van der Waals surface area contributed by atoms with E-state index in [1.165, 1.54) is 0 Å². The zero-order valence-electron chi connectivity index (χ0n) is 13.3. The molecule has 6 heteroatoms. The van der Waals surface area contributed by atoms with E-state index in [0.29, 0.717) is 19.8 Å². The Morgan fingerprint density at radius 3 is 2.86 bits per heavy atom. The number of hydrogen-bond acceptors (Lipinski definition) is 4. The fraction of sp³-hybridized carbons (Fsp3) is 0.733. The molecule has 0 aromatic carbocycles. The number of aromatic nitrogens is 1. The van der Waals surface area contributed by atoms with Crippen molar-refractivity contribution in [2.45, 2.75) is 51.5 Å². The van der Waals surface area contributed by atoms with Gasteiger partial charge in [-0.05, 0) is 13.3 Å². The van der Waals surface area contributed by atoms with Crippen LogP contribution in [0, 0.1) is 0 Å². The SMILES string of the molecule is CC1(NC(=O)NCCc2csc(C(C)(C)C)n2)CCOC1. The number of amides is 2. The van der Waals surface area contributed by atoms with Crippen molar-refractivity contribution in [2.24, 2.45) is 0 Å². The molecular formula is C15H25N3O2S. The van der Waals surface area contributed by atoms with Gasteiger partial charge in [-0.25, -0.2) is 9.78 Å². The Morgan fingerprint density at radius 2 is 2.29 bits per heavy atom. The minimum Gasteiger partial charge on any atom is -0.379 e. The molecule has 1 saturated heterocycles. The minimum absolute atomic E-state index is 0.0881. The number of carbonyl (C=O) groups excluding carboxylic acids is 1. The highest BCUT2D eigenvalue weighted by molar-refractivity contribution is 7.09. The van der Waals surface area contributed by atoms with Crippen LogP contribution in [0.15, 0.2) is 5.38 Å². The second-order valence-electron chi connectivity index (χ2n) is 6.89. The summed E-state index contributed by atoms with van der Waals surface area (Å²) in [5.41, 5.74) is 0.898. The standard InChI is InChI=1S/C15H25N3O2S/c1-14(2,3)12-17-11(9-21-12)5-7-16-13(19)18-15(4)6-8-20-10-15/h9H,5-8,10H2,1-4H3,(H2,16,18,19). The Balaban J connectivity index is 1.74. The second kappa shape index (κ2) is 6.32. The number of carbonyl (C=O) groups is 1. The highest BCUT2D eigenvalue weighted by Crippen LogP contribution is 2.25. The zero-order valence-corrected chi connectivity index (χ0v) is 14.1. The van der Waals surface area contributed by atoms with E-state index in [-0.39, 0.29) is 17.0 Å².